The molecule has 0 amide bonds. The second kappa shape index (κ2) is 9.19. The summed E-state index contributed by atoms with van der Waals surface area (Å²) < 4.78 is 7.52. The molecule has 0 unspecified atom stereocenters. The van der Waals surface area contributed by atoms with Gasteiger partial charge in [-0.15, -0.1) is 0 Å². The van der Waals surface area contributed by atoms with Crippen LogP contribution in [0.1, 0.15) is 38.9 Å². The van der Waals surface area contributed by atoms with Gasteiger partial charge in [-0.05, 0) is 26.3 Å². The fourth-order valence-corrected chi connectivity index (χ4v) is 1.68. The molecule has 0 radical (unpaired) electrons. The first-order valence-corrected chi connectivity index (χ1v) is 6.67. The number of aromatic nitrogens is 2. The predicted molar refractivity (Wildman–Crippen MR) is 70.0 cm³/mol. The summed E-state index contributed by atoms with van der Waals surface area (Å²) in [7, 11) is 0. The van der Waals surface area contributed by atoms with Gasteiger partial charge in [0, 0.05) is 32.2 Å². The average Bonchev–Trinajstić information content (AvgIpc) is 2.78. The van der Waals surface area contributed by atoms with E-state index in [1.54, 1.807) is 0 Å². The minimum absolute atomic E-state index is 0.807. The second-order valence-corrected chi connectivity index (χ2v) is 4.12. The van der Waals surface area contributed by atoms with Crippen LogP contribution >= 0.6 is 0 Å². The Morgan fingerprint density at radius 3 is 3.00 bits per heavy atom. The monoisotopic (exact) mass is 239 g/mol. The van der Waals surface area contributed by atoms with Gasteiger partial charge in [-0.3, -0.25) is 0 Å². The van der Waals surface area contributed by atoms with Gasteiger partial charge in [-0.2, -0.15) is 0 Å². The van der Waals surface area contributed by atoms with E-state index in [1.165, 1.54) is 12.8 Å². The summed E-state index contributed by atoms with van der Waals surface area (Å²) in [6.07, 6.45) is 7.44. The van der Waals surface area contributed by atoms with Crippen LogP contribution in [-0.2, 0) is 17.8 Å². The number of unbranched alkanes of at least 4 members (excludes halogenated alkanes) is 1. The van der Waals surface area contributed by atoms with Crippen molar-refractivity contribution >= 4 is 0 Å². The molecule has 0 fully saturated rings. The number of rotatable bonds is 10. The molecule has 0 aliphatic rings. The Labute approximate surface area is 104 Å². The average molecular weight is 239 g/mol. The molecule has 4 nitrogen and oxygen atoms in total. The number of aryl methyl sites for hydroxylation is 1. The van der Waals surface area contributed by atoms with Gasteiger partial charge in [-0.1, -0.05) is 13.3 Å². The van der Waals surface area contributed by atoms with Crippen molar-refractivity contribution in [3.05, 3.63) is 18.2 Å². The molecule has 0 aliphatic heterocycles. The van der Waals surface area contributed by atoms with E-state index in [4.69, 9.17) is 4.74 Å². The molecule has 1 aromatic heterocycles. The normalized spacial score (nSPS) is 10.9. The first-order valence-electron chi connectivity index (χ1n) is 6.67. The third kappa shape index (κ3) is 5.84. The summed E-state index contributed by atoms with van der Waals surface area (Å²) in [5, 5.41) is 3.40. The molecule has 1 heterocycles. The number of imidazole rings is 1. The Hall–Kier alpha value is -0.870. The highest BCUT2D eigenvalue weighted by Gasteiger charge is 2.01. The molecule has 0 atom stereocenters. The summed E-state index contributed by atoms with van der Waals surface area (Å²) in [4.78, 5) is 4.37. The quantitative estimate of drug-likeness (QED) is 0.636. The lowest BCUT2D eigenvalue weighted by Gasteiger charge is -2.08. The molecule has 4 heteroatoms. The van der Waals surface area contributed by atoms with Gasteiger partial charge in [0.2, 0.25) is 0 Å². The highest BCUT2D eigenvalue weighted by molar-refractivity contribution is 4.91. The lowest BCUT2D eigenvalue weighted by atomic mass is 10.3. The number of hydrogen-bond donors (Lipinski definition) is 1. The van der Waals surface area contributed by atoms with Crippen LogP contribution in [0.4, 0.5) is 0 Å². The van der Waals surface area contributed by atoms with E-state index in [2.05, 4.69) is 28.0 Å². The van der Waals surface area contributed by atoms with Crippen molar-refractivity contribution in [2.75, 3.05) is 19.8 Å². The van der Waals surface area contributed by atoms with E-state index in [0.717, 1.165) is 45.1 Å². The van der Waals surface area contributed by atoms with Crippen LogP contribution in [0.15, 0.2) is 12.4 Å². The first-order chi connectivity index (χ1) is 8.38. The maximum atomic E-state index is 5.29. The topological polar surface area (TPSA) is 39.1 Å². The first kappa shape index (κ1) is 14.2. The van der Waals surface area contributed by atoms with E-state index in [1.807, 2.05) is 13.1 Å². The van der Waals surface area contributed by atoms with Crippen LogP contribution in [0.25, 0.3) is 0 Å². The van der Waals surface area contributed by atoms with Gasteiger partial charge in [0.1, 0.15) is 5.82 Å². The number of nitrogens with zero attached hydrogens (tertiary/aromatic N) is 2. The third-order valence-electron chi connectivity index (χ3n) is 2.68. The highest BCUT2D eigenvalue weighted by Crippen LogP contribution is 2.00. The van der Waals surface area contributed by atoms with E-state index < -0.39 is 0 Å². The Kier molecular flexibility index (Phi) is 7.67. The fraction of sp³-hybridized carbons (Fsp3) is 0.769. The molecule has 0 aliphatic carbocycles. The van der Waals surface area contributed by atoms with Gasteiger partial charge in [-0.25, -0.2) is 4.98 Å². The Morgan fingerprint density at radius 1 is 1.35 bits per heavy atom. The molecular formula is C13H25N3O. The molecule has 0 aromatic carbocycles. The lowest BCUT2D eigenvalue weighted by molar-refractivity contribution is 0.144. The molecule has 98 valence electrons. The van der Waals surface area contributed by atoms with Gasteiger partial charge >= 0.3 is 0 Å². The molecule has 17 heavy (non-hydrogen) atoms. The van der Waals surface area contributed by atoms with Crippen molar-refractivity contribution in [3.8, 4) is 0 Å². The fourth-order valence-electron chi connectivity index (χ4n) is 1.68. The largest absolute Gasteiger partial charge is 0.382 e. The summed E-state index contributed by atoms with van der Waals surface area (Å²) in [6, 6.07) is 0. The molecule has 1 N–H and O–H groups in total. The Bertz CT molecular complexity index is 286. The van der Waals surface area contributed by atoms with Crippen LogP contribution in [-0.4, -0.2) is 29.3 Å². The molecule has 0 spiro atoms. The van der Waals surface area contributed by atoms with Crippen LogP contribution in [0, 0.1) is 0 Å². The molecule has 1 aromatic rings. The minimum atomic E-state index is 0.807. The van der Waals surface area contributed by atoms with Crippen molar-refractivity contribution in [2.45, 2.75) is 46.2 Å². The smallest absolute Gasteiger partial charge is 0.122 e. The van der Waals surface area contributed by atoms with E-state index in [0.29, 0.717) is 0 Å². The van der Waals surface area contributed by atoms with Gasteiger partial charge < -0.3 is 14.6 Å². The number of ether oxygens (including phenoxy) is 1. The minimum Gasteiger partial charge on any atom is -0.382 e. The van der Waals surface area contributed by atoms with E-state index >= 15 is 0 Å². The zero-order valence-corrected chi connectivity index (χ0v) is 11.1. The van der Waals surface area contributed by atoms with Crippen molar-refractivity contribution in [2.24, 2.45) is 0 Å². The molecular weight excluding hydrogens is 214 g/mol. The van der Waals surface area contributed by atoms with Crippen molar-refractivity contribution in [3.63, 3.8) is 0 Å². The van der Waals surface area contributed by atoms with Crippen molar-refractivity contribution in [1.82, 2.24) is 14.9 Å². The number of hydrogen-bond acceptors (Lipinski definition) is 3. The summed E-state index contributed by atoms with van der Waals surface area (Å²) in [5.41, 5.74) is 0. The highest BCUT2D eigenvalue weighted by atomic mass is 16.5. The van der Waals surface area contributed by atoms with Gasteiger partial charge in [0.25, 0.3) is 0 Å². The zero-order chi connectivity index (χ0) is 12.3. The van der Waals surface area contributed by atoms with Crippen LogP contribution in [0.5, 0.6) is 0 Å². The molecule has 0 bridgehead atoms. The van der Waals surface area contributed by atoms with Crippen LogP contribution in [0.3, 0.4) is 0 Å². The Balaban J connectivity index is 2.15. The van der Waals surface area contributed by atoms with Gasteiger partial charge in [0.15, 0.2) is 0 Å². The Morgan fingerprint density at radius 2 is 2.24 bits per heavy atom. The maximum absolute atomic E-state index is 5.29. The summed E-state index contributed by atoms with van der Waals surface area (Å²) in [6.45, 7) is 8.80. The molecule has 1 rings (SSSR count). The lowest BCUT2D eigenvalue weighted by Crippen LogP contribution is -2.19. The standard InChI is InChI=1S/C13H25N3O/c1-3-5-9-16-10-8-15-13(16)12-14-7-6-11-17-4-2/h8,10,14H,3-7,9,11-12H2,1-2H3. The van der Waals surface area contributed by atoms with Gasteiger partial charge in [0.05, 0.1) is 6.54 Å². The molecule has 0 saturated heterocycles. The zero-order valence-electron chi connectivity index (χ0n) is 11.1. The van der Waals surface area contributed by atoms with Crippen molar-refractivity contribution in [1.29, 1.82) is 0 Å². The second-order valence-electron chi connectivity index (χ2n) is 4.12. The predicted octanol–water partition coefficient (Wildman–Crippen LogP) is 2.20. The number of nitrogens with one attached hydrogen (secondary N) is 1. The van der Waals surface area contributed by atoms with Crippen LogP contribution in [0.2, 0.25) is 0 Å². The van der Waals surface area contributed by atoms with E-state index in [-0.39, 0.29) is 0 Å². The maximum Gasteiger partial charge on any atom is 0.122 e. The summed E-state index contributed by atoms with van der Waals surface area (Å²) in [5.74, 6) is 1.13. The van der Waals surface area contributed by atoms with Crippen LogP contribution < -0.4 is 5.32 Å². The SMILES string of the molecule is CCCCn1ccnc1CNCCCOCC. The summed E-state index contributed by atoms with van der Waals surface area (Å²) >= 11 is 0. The van der Waals surface area contributed by atoms with E-state index in [9.17, 15) is 0 Å². The third-order valence-corrected chi connectivity index (χ3v) is 2.68. The molecule has 0 saturated carbocycles. The van der Waals surface area contributed by atoms with Crippen molar-refractivity contribution < 1.29 is 4.74 Å².